The number of aryl methyl sites for hydroxylation is 1. The van der Waals surface area contributed by atoms with E-state index >= 15 is 0 Å². The van der Waals surface area contributed by atoms with Crippen molar-refractivity contribution in [3.63, 3.8) is 0 Å². The fourth-order valence-corrected chi connectivity index (χ4v) is 5.14. The van der Waals surface area contributed by atoms with Crippen LogP contribution in [0.5, 0.6) is 11.5 Å². The number of nitrogens with zero attached hydrogens (tertiary/aromatic N) is 1. The molecule has 0 spiro atoms. The molecule has 0 amide bonds. The molecule has 1 aliphatic carbocycles. The van der Waals surface area contributed by atoms with Crippen molar-refractivity contribution in [2.45, 2.75) is 64.3 Å². The normalized spacial score (nSPS) is 30.7. The Morgan fingerprint density at radius 2 is 2.08 bits per heavy atom. The van der Waals surface area contributed by atoms with E-state index in [0.717, 1.165) is 30.5 Å². The molecule has 24 heavy (non-hydrogen) atoms. The molecule has 1 aliphatic heterocycles. The third-order valence-electron chi connectivity index (χ3n) is 6.39. The predicted octanol–water partition coefficient (Wildman–Crippen LogP) is 3.78. The third-order valence-corrected chi connectivity index (χ3v) is 6.39. The summed E-state index contributed by atoms with van der Waals surface area (Å²) >= 11 is 0. The summed E-state index contributed by atoms with van der Waals surface area (Å²) < 4.78 is 5.26. The topological polar surface area (TPSA) is 49.8 Å². The number of phenols is 1. The van der Waals surface area contributed by atoms with E-state index in [1.165, 1.54) is 26.2 Å². The van der Waals surface area contributed by atoms with Gasteiger partial charge in [-0.3, -0.25) is 4.79 Å². The zero-order chi connectivity index (χ0) is 17.5. The second kappa shape index (κ2) is 6.40. The Bertz CT molecular complexity index is 642. The van der Waals surface area contributed by atoms with E-state index in [1.807, 2.05) is 6.07 Å². The Hall–Kier alpha value is -1.55. The molecule has 1 saturated carbocycles. The number of hydrogen-bond donors (Lipinski definition) is 1. The largest absolute Gasteiger partial charge is 0.504 e. The highest BCUT2D eigenvalue weighted by Gasteiger charge is 2.50. The summed E-state index contributed by atoms with van der Waals surface area (Å²) in [5.74, 6) is 0.610. The molecule has 0 radical (unpaired) electrons. The molecule has 3 unspecified atom stereocenters. The van der Waals surface area contributed by atoms with Crippen LogP contribution in [0.3, 0.4) is 0 Å². The van der Waals surface area contributed by atoms with Gasteiger partial charge in [-0.2, -0.15) is 0 Å². The van der Waals surface area contributed by atoms with Crippen molar-refractivity contribution >= 4 is 5.97 Å². The lowest BCUT2D eigenvalue weighted by Crippen LogP contribution is -2.55. The molecule has 2 fully saturated rings. The van der Waals surface area contributed by atoms with Gasteiger partial charge in [-0.05, 0) is 64.3 Å². The van der Waals surface area contributed by atoms with E-state index in [9.17, 15) is 9.90 Å². The molecule has 1 aromatic carbocycles. The summed E-state index contributed by atoms with van der Waals surface area (Å²) in [6.45, 7) is 6.79. The quantitative estimate of drug-likeness (QED) is 0.662. The molecule has 0 aromatic heterocycles. The van der Waals surface area contributed by atoms with Crippen molar-refractivity contribution in [2.24, 2.45) is 5.92 Å². The lowest BCUT2D eigenvalue weighted by atomic mass is 9.56. The zero-order valence-electron chi connectivity index (χ0n) is 15.3. The van der Waals surface area contributed by atoms with Crippen LogP contribution in [0.1, 0.15) is 57.1 Å². The molecule has 0 bridgehead atoms. The summed E-state index contributed by atoms with van der Waals surface area (Å²) in [7, 11) is 2.20. The number of benzene rings is 1. The van der Waals surface area contributed by atoms with Gasteiger partial charge in [0.2, 0.25) is 0 Å². The maximum absolute atomic E-state index is 11.4. The highest BCUT2D eigenvalue weighted by atomic mass is 16.5. The monoisotopic (exact) mass is 331 g/mol. The van der Waals surface area contributed by atoms with Crippen molar-refractivity contribution in [1.29, 1.82) is 0 Å². The van der Waals surface area contributed by atoms with Gasteiger partial charge >= 0.3 is 5.97 Å². The number of piperidine rings is 1. The number of phenolic OH excluding ortho intramolecular Hbond substituents is 1. The number of likely N-dealkylation sites (tertiary alicyclic amines) is 1. The molecule has 132 valence electrons. The summed E-state index contributed by atoms with van der Waals surface area (Å²) in [6, 6.07) is 4.19. The van der Waals surface area contributed by atoms with Gasteiger partial charge in [-0.1, -0.05) is 18.9 Å². The standard InChI is InChI=1S/C20H29NO3/c1-13-8-9-17(24-15(3)22)19(23)18(13)20-10-6-5-7-16(20)14(2)21(4)12-11-20/h8-9,14,16,23H,5-7,10-12H2,1-4H3. The van der Waals surface area contributed by atoms with Crippen molar-refractivity contribution in [2.75, 3.05) is 13.6 Å². The highest BCUT2D eigenvalue weighted by Crippen LogP contribution is 2.55. The van der Waals surface area contributed by atoms with Crippen molar-refractivity contribution in [1.82, 2.24) is 4.90 Å². The van der Waals surface area contributed by atoms with E-state index in [-0.39, 0.29) is 11.2 Å². The van der Waals surface area contributed by atoms with Crippen molar-refractivity contribution < 1.29 is 14.6 Å². The number of fused-ring (bicyclic) bond motifs is 1. The van der Waals surface area contributed by atoms with Crippen LogP contribution in [-0.4, -0.2) is 35.6 Å². The van der Waals surface area contributed by atoms with Gasteiger partial charge in [-0.15, -0.1) is 0 Å². The lowest BCUT2D eigenvalue weighted by molar-refractivity contribution is -0.132. The van der Waals surface area contributed by atoms with Crippen LogP contribution in [0.25, 0.3) is 0 Å². The second-order valence-corrected chi connectivity index (χ2v) is 7.68. The van der Waals surface area contributed by atoms with E-state index in [4.69, 9.17) is 4.74 Å². The fraction of sp³-hybridized carbons (Fsp3) is 0.650. The van der Waals surface area contributed by atoms with Gasteiger partial charge in [0, 0.05) is 23.9 Å². The van der Waals surface area contributed by atoms with Crippen LogP contribution in [-0.2, 0) is 10.2 Å². The molecule has 4 nitrogen and oxygen atoms in total. The molecule has 4 heteroatoms. The van der Waals surface area contributed by atoms with Crippen LogP contribution < -0.4 is 4.74 Å². The second-order valence-electron chi connectivity index (χ2n) is 7.68. The Morgan fingerprint density at radius 3 is 2.79 bits per heavy atom. The van der Waals surface area contributed by atoms with Gasteiger partial charge in [0.05, 0.1) is 0 Å². The zero-order valence-corrected chi connectivity index (χ0v) is 15.3. The predicted molar refractivity (Wildman–Crippen MR) is 94.5 cm³/mol. The van der Waals surface area contributed by atoms with Crippen LogP contribution >= 0.6 is 0 Å². The molecule has 1 saturated heterocycles. The Morgan fingerprint density at radius 1 is 1.33 bits per heavy atom. The van der Waals surface area contributed by atoms with Crippen LogP contribution in [0.4, 0.5) is 0 Å². The van der Waals surface area contributed by atoms with E-state index in [2.05, 4.69) is 25.8 Å². The number of aromatic hydroxyl groups is 1. The lowest BCUT2D eigenvalue weighted by Gasteiger charge is -2.54. The number of carbonyl (C=O) groups excluding carboxylic acids is 1. The number of esters is 1. The number of hydrogen-bond acceptors (Lipinski definition) is 4. The first kappa shape index (κ1) is 17.3. The van der Waals surface area contributed by atoms with Gasteiger partial charge in [0.25, 0.3) is 0 Å². The van der Waals surface area contributed by atoms with Gasteiger partial charge < -0.3 is 14.7 Å². The molecule has 1 heterocycles. The number of ether oxygens (including phenoxy) is 1. The summed E-state index contributed by atoms with van der Waals surface area (Å²) in [4.78, 5) is 13.8. The summed E-state index contributed by atoms with van der Waals surface area (Å²) in [5.41, 5.74) is 2.12. The molecule has 3 rings (SSSR count). The number of carbonyl (C=O) groups is 1. The van der Waals surface area contributed by atoms with E-state index in [0.29, 0.717) is 17.7 Å². The summed E-state index contributed by atoms with van der Waals surface area (Å²) in [6.07, 6.45) is 5.81. The molecule has 1 N–H and O–H groups in total. The first-order valence-corrected chi connectivity index (χ1v) is 9.08. The van der Waals surface area contributed by atoms with E-state index in [1.54, 1.807) is 6.07 Å². The first-order chi connectivity index (χ1) is 11.4. The Balaban J connectivity index is 2.12. The fourth-order valence-electron chi connectivity index (χ4n) is 5.14. The van der Waals surface area contributed by atoms with Crippen LogP contribution in [0.2, 0.25) is 0 Å². The minimum atomic E-state index is -0.394. The van der Waals surface area contributed by atoms with Gasteiger partial charge in [0.15, 0.2) is 11.5 Å². The first-order valence-electron chi connectivity index (χ1n) is 9.08. The minimum Gasteiger partial charge on any atom is -0.504 e. The Labute approximate surface area is 144 Å². The number of rotatable bonds is 2. The van der Waals surface area contributed by atoms with Gasteiger partial charge in [-0.25, -0.2) is 0 Å². The average molecular weight is 331 g/mol. The van der Waals surface area contributed by atoms with Crippen molar-refractivity contribution in [3.8, 4) is 11.5 Å². The average Bonchev–Trinajstić information content (AvgIpc) is 2.54. The third kappa shape index (κ3) is 2.71. The van der Waals surface area contributed by atoms with Crippen LogP contribution in [0.15, 0.2) is 12.1 Å². The smallest absolute Gasteiger partial charge is 0.308 e. The molecule has 1 aromatic rings. The molecular weight excluding hydrogens is 302 g/mol. The van der Waals surface area contributed by atoms with Crippen LogP contribution in [0, 0.1) is 12.8 Å². The van der Waals surface area contributed by atoms with E-state index < -0.39 is 5.97 Å². The molecular formula is C20H29NO3. The maximum atomic E-state index is 11.4. The molecule has 3 atom stereocenters. The summed E-state index contributed by atoms with van der Waals surface area (Å²) in [5, 5.41) is 11.0. The minimum absolute atomic E-state index is 0.00545. The maximum Gasteiger partial charge on any atom is 0.308 e. The van der Waals surface area contributed by atoms with Gasteiger partial charge in [0.1, 0.15) is 0 Å². The SMILES string of the molecule is CC(=O)Oc1ccc(C)c(C23CCCCC2C(C)N(C)CC3)c1O. The highest BCUT2D eigenvalue weighted by molar-refractivity contribution is 5.71. The molecule has 2 aliphatic rings. The van der Waals surface area contributed by atoms with Crippen molar-refractivity contribution in [3.05, 3.63) is 23.3 Å². The Kier molecular flexibility index (Phi) is 4.60.